The number of rotatable bonds is 3. The number of hydrogen-bond donors (Lipinski definition) is 2. The molecule has 3 N–H and O–H groups in total. The fraction of sp³-hybridized carbons (Fsp3) is 0. The summed E-state index contributed by atoms with van der Waals surface area (Å²) >= 11 is 0. The molecule has 2 rings (SSSR count). The highest BCUT2D eigenvalue weighted by Crippen LogP contribution is 2.19. The molecule has 1 heterocycles. The first kappa shape index (κ1) is 13.1. The summed E-state index contributed by atoms with van der Waals surface area (Å²) < 4.78 is 22.8. The molecule has 0 aliphatic rings. The van der Waals surface area contributed by atoms with Gasteiger partial charge in [0.05, 0.1) is 23.6 Å². The molecule has 0 saturated carbocycles. The van der Waals surface area contributed by atoms with E-state index in [1.807, 2.05) is 0 Å². The zero-order chi connectivity index (χ0) is 13.9. The third-order valence-electron chi connectivity index (χ3n) is 2.29. The molecule has 0 aliphatic carbocycles. The van der Waals surface area contributed by atoms with Crippen molar-refractivity contribution in [3.8, 4) is 0 Å². The van der Waals surface area contributed by atoms with E-state index in [2.05, 4.69) is 15.5 Å². The van der Waals surface area contributed by atoms with Crippen LogP contribution in [0.25, 0.3) is 0 Å². The summed E-state index contributed by atoms with van der Waals surface area (Å²) in [7, 11) is -3.90. The molecule has 0 unspecified atom stereocenters. The molecule has 0 fully saturated rings. The van der Waals surface area contributed by atoms with E-state index in [0.717, 1.165) is 0 Å². The number of primary sulfonamides is 1. The van der Waals surface area contributed by atoms with Gasteiger partial charge < -0.3 is 5.32 Å². The lowest BCUT2D eigenvalue weighted by atomic mass is 10.2. The van der Waals surface area contributed by atoms with Crippen molar-refractivity contribution in [2.75, 3.05) is 5.32 Å². The van der Waals surface area contributed by atoms with E-state index < -0.39 is 15.9 Å². The average Bonchev–Trinajstić information content (AvgIpc) is 2.39. The SMILES string of the molecule is NS(=O)(=O)c1ccccc1NC(=O)c1ccnnc1. The maximum atomic E-state index is 11.9. The van der Waals surface area contributed by atoms with Crippen LogP contribution in [0.1, 0.15) is 10.4 Å². The Bertz CT molecular complexity index is 701. The highest BCUT2D eigenvalue weighted by atomic mass is 32.2. The van der Waals surface area contributed by atoms with E-state index in [4.69, 9.17) is 5.14 Å². The fourth-order valence-corrected chi connectivity index (χ4v) is 2.13. The first-order valence-corrected chi connectivity index (χ1v) is 6.73. The summed E-state index contributed by atoms with van der Waals surface area (Å²) in [4.78, 5) is 11.7. The van der Waals surface area contributed by atoms with Crippen molar-refractivity contribution < 1.29 is 13.2 Å². The molecule has 0 spiro atoms. The molecule has 7 nitrogen and oxygen atoms in total. The Hall–Kier alpha value is -2.32. The van der Waals surface area contributed by atoms with E-state index in [0.29, 0.717) is 0 Å². The monoisotopic (exact) mass is 278 g/mol. The quantitative estimate of drug-likeness (QED) is 0.842. The number of carbonyl (C=O) groups is 1. The third kappa shape index (κ3) is 3.12. The minimum absolute atomic E-state index is 0.117. The Balaban J connectivity index is 2.33. The van der Waals surface area contributed by atoms with Crippen LogP contribution in [-0.2, 0) is 10.0 Å². The molecule has 0 bridgehead atoms. The highest BCUT2D eigenvalue weighted by Gasteiger charge is 2.15. The Labute approximate surface area is 109 Å². The van der Waals surface area contributed by atoms with Gasteiger partial charge in [0.15, 0.2) is 0 Å². The van der Waals surface area contributed by atoms with Gasteiger partial charge in [-0.25, -0.2) is 13.6 Å². The molecule has 19 heavy (non-hydrogen) atoms. The first-order chi connectivity index (χ1) is 8.98. The Morgan fingerprint density at radius 1 is 1.16 bits per heavy atom. The molecule has 2 aromatic rings. The van der Waals surface area contributed by atoms with Gasteiger partial charge in [0.25, 0.3) is 5.91 Å². The average molecular weight is 278 g/mol. The van der Waals surface area contributed by atoms with E-state index in [-0.39, 0.29) is 16.1 Å². The number of para-hydroxylation sites is 1. The van der Waals surface area contributed by atoms with Gasteiger partial charge >= 0.3 is 0 Å². The van der Waals surface area contributed by atoms with Crippen LogP contribution in [0.15, 0.2) is 47.6 Å². The molecule has 0 saturated heterocycles. The molecule has 0 aliphatic heterocycles. The van der Waals surface area contributed by atoms with Crippen molar-refractivity contribution in [2.24, 2.45) is 5.14 Å². The van der Waals surface area contributed by atoms with Crippen LogP contribution in [0.3, 0.4) is 0 Å². The molecule has 0 atom stereocenters. The number of nitrogens with one attached hydrogen (secondary N) is 1. The van der Waals surface area contributed by atoms with Gasteiger partial charge in [-0.15, -0.1) is 0 Å². The Morgan fingerprint density at radius 2 is 1.89 bits per heavy atom. The van der Waals surface area contributed by atoms with Crippen LogP contribution in [0.4, 0.5) is 5.69 Å². The summed E-state index contributed by atoms with van der Waals surface area (Å²) in [6.45, 7) is 0. The summed E-state index contributed by atoms with van der Waals surface area (Å²) in [6, 6.07) is 7.34. The number of sulfonamides is 1. The molecular formula is C11H10N4O3S. The topological polar surface area (TPSA) is 115 Å². The Morgan fingerprint density at radius 3 is 2.53 bits per heavy atom. The predicted molar refractivity (Wildman–Crippen MR) is 67.8 cm³/mol. The minimum atomic E-state index is -3.90. The van der Waals surface area contributed by atoms with Crippen molar-refractivity contribution in [1.82, 2.24) is 10.2 Å². The zero-order valence-electron chi connectivity index (χ0n) is 9.65. The molecule has 98 valence electrons. The number of benzene rings is 1. The van der Waals surface area contributed by atoms with Gasteiger partial charge in [-0.2, -0.15) is 10.2 Å². The van der Waals surface area contributed by atoms with Crippen LogP contribution >= 0.6 is 0 Å². The largest absolute Gasteiger partial charge is 0.321 e. The minimum Gasteiger partial charge on any atom is -0.321 e. The standard InChI is InChI=1S/C11H10N4O3S/c12-19(17,18)10-4-2-1-3-9(10)15-11(16)8-5-6-13-14-7-8/h1-7H,(H,15,16)(H2,12,17,18). The molecule has 0 radical (unpaired) electrons. The predicted octanol–water partition coefficient (Wildman–Crippen LogP) is 0.376. The van der Waals surface area contributed by atoms with Crippen LogP contribution in [-0.4, -0.2) is 24.5 Å². The van der Waals surface area contributed by atoms with Crippen molar-refractivity contribution >= 4 is 21.6 Å². The van der Waals surface area contributed by atoms with Gasteiger partial charge in [0, 0.05) is 0 Å². The highest BCUT2D eigenvalue weighted by molar-refractivity contribution is 7.89. The number of nitrogens with two attached hydrogens (primary N) is 1. The zero-order valence-corrected chi connectivity index (χ0v) is 10.5. The lowest BCUT2D eigenvalue weighted by Gasteiger charge is -2.08. The Kier molecular flexibility index (Phi) is 3.54. The van der Waals surface area contributed by atoms with Crippen molar-refractivity contribution in [3.05, 3.63) is 48.3 Å². The van der Waals surface area contributed by atoms with Gasteiger partial charge in [-0.3, -0.25) is 4.79 Å². The number of hydrogen-bond acceptors (Lipinski definition) is 5. The summed E-state index contributed by atoms with van der Waals surface area (Å²) in [5, 5.41) is 14.6. The summed E-state index contributed by atoms with van der Waals surface area (Å²) in [5.41, 5.74) is 0.381. The van der Waals surface area contributed by atoms with Crippen LogP contribution in [0.2, 0.25) is 0 Å². The summed E-state index contributed by atoms with van der Waals surface area (Å²) in [6.07, 6.45) is 2.63. The molecule has 1 aromatic carbocycles. The fourth-order valence-electron chi connectivity index (χ4n) is 1.44. The third-order valence-corrected chi connectivity index (χ3v) is 3.26. The van der Waals surface area contributed by atoms with E-state index >= 15 is 0 Å². The maximum Gasteiger partial charge on any atom is 0.257 e. The van der Waals surface area contributed by atoms with Crippen LogP contribution in [0, 0.1) is 0 Å². The number of carbonyl (C=O) groups excluding carboxylic acids is 1. The van der Waals surface area contributed by atoms with E-state index in [1.165, 1.54) is 36.7 Å². The second-order valence-corrected chi connectivity index (χ2v) is 5.16. The number of aromatic nitrogens is 2. The number of nitrogens with zero attached hydrogens (tertiary/aromatic N) is 2. The number of anilines is 1. The van der Waals surface area contributed by atoms with E-state index in [1.54, 1.807) is 6.07 Å². The van der Waals surface area contributed by atoms with Crippen molar-refractivity contribution in [3.63, 3.8) is 0 Å². The second-order valence-electron chi connectivity index (χ2n) is 3.63. The van der Waals surface area contributed by atoms with Crippen molar-refractivity contribution in [1.29, 1.82) is 0 Å². The van der Waals surface area contributed by atoms with Gasteiger partial charge in [-0.1, -0.05) is 12.1 Å². The normalized spacial score (nSPS) is 11.0. The lowest BCUT2D eigenvalue weighted by Crippen LogP contribution is -2.18. The van der Waals surface area contributed by atoms with Crippen molar-refractivity contribution in [2.45, 2.75) is 4.90 Å². The maximum absolute atomic E-state index is 11.9. The molecule has 1 aromatic heterocycles. The molecule has 8 heteroatoms. The molecular weight excluding hydrogens is 268 g/mol. The smallest absolute Gasteiger partial charge is 0.257 e. The van der Waals surface area contributed by atoms with Gasteiger partial charge in [0.2, 0.25) is 10.0 Å². The van der Waals surface area contributed by atoms with Crippen LogP contribution < -0.4 is 10.5 Å². The lowest BCUT2D eigenvalue weighted by molar-refractivity contribution is 0.102. The number of amides is 1. The van der Waals surface area contributed by atoms with E-state index in [9.17, 15) is 13.2 Å². The first-order valence-electron chi connectivity index (χ1n) is 5.18. The van der Waals surface area contributed by atoms with Crippen LogP contribution in [0.5, 0.6) is 0 Å². The van der Waals surface area contributed by atoms with Gasteiger partial charge in [-0.05, 0) is 18.2 Å². The molecule has 1 amide bonds. The summed E-state index contributed by atoms with van der Waals surface area (Å²) in [5.74, 6) is -0.494. The second kappa shape index (κ2) is 5.12. The van der Waals surface area contributed by atoms with Gasteiger partial charge in [0.1, 0.15) is 4.90 Å².